The van der Waals surface area contributed by atoms with Gasteiger partial charge < -0.3 is 25.3 Å². The third-order valence-corrected chi connectivity index (χ3v) is 3.64. The Morgan fingerprint density at radius 1 is 0.833 bits per heavy atom. The van der Waals surface area contributed by atoms with E-state index in [0.717, 1.165) is 10.3 Å². The molecule has 3 aromatic rings. The van der Waals surface area contributed by atoms with E-state index >= 15 is 0 Å². The minimum absolute atomic E-state index is 0.0490. The largest absolute Gasteiger partial charge is 0.508 e. The zero-order valence-corrected chi connectivity index (χ0v) is 12.8. The van der Waals surface area contributed by atoms with Gasteiger partial charge in [-0.2, -0.15) is 0 Å². The molecule has 24 heavy (non-hydrogen) atoms. The van der Waals surface area contributed by atoms with Gasteiger partial charge in [0, 0.05) is 24.1 Å². The molecule has 1 heterocycles. The Morgan fingerprint density at radius 2 is 1.58 bits per heavy atom. The number of aromatic hydroxyl groups is 4. The van der Waals surface area contributed by atoms with Crippen LogP contribution in [0.2, 0.25) is 0 Å². The maximum Gasteiger partial charge on any atom is 0.232 e. The van der Waals surface area contributed by atoms with Crippen LogP contribution in [0.3, 0.4) is 0 Å². The van der Waals surface area contributed by atoms with Crippen molar-refractivity contribution in [3.8, 4) is 23.3 Å². The number of benzene rings is 2. The lowest BCUT2D eigenvalue weighted by molar-refractivity contribution is 0.0640. The molecule has 0 saturated heterocycles. The van der Waals surface area contributed by atoms with Crippen molar-refractivity contribution in [3.63, 3.8) is 0 Å². The van der Waals surface area contributed by atoms with E-state index in [4.69, 9.17) is 4.84 Å². The minimum atomic E-state index is -0.240. The third kappa shape index (κ3) is 3.22. The lowest BCUT2D eigenvalue weighted by Crippen LogP contribution is -2.10. The summed E-state index contributed by atoms with van der Waals surface area (Å²) in [5.74, 6) is -0.619. The molecule has 0 saturated carbocycles. The van der Waals surface area contributed by atoms with Gasteiger partial charge in [0.2, 0.25) is 11.8 Å². The van der Waals surface area contributed by atoms with Gasteiger partial charge >= 0.3 is 0 Å². The third-order valence-electron chi connectivity index (χ3n) is 3.64. The lowest BCUT2D eigenvalue weighted by atomic mass is 10.1. The van der Waals surface area contributed by atoms with Gasteiger partial charge in [0.1, 0.15) is 18.1 Å². The quantitative estimate of drug-likeness (QED) is 0.578. The second kappa shape index (κ2) is 6.45. The summed E-state index contributed by atoms with van der Waals surface area (Å²) < 4.78 is 0.944. The number of aromatic nitrogens is 1. The predicted molar refractivity (Wildman–Crippen MR) is 87.1 cm³/mol. The molecule has 4 N–H and O–H groups in total. The summed E-state index contributed by atoms with van der Waals surface area (Å²) in [4.78, 5) is 5.44. The van der Waals surface area contributed by atoms with Gasteiger partial charge in [-0.1, -0.05) is 36.4 Å². The van der Waals surface area contributed by atoms with Crippen molar-refractivity contribution in [1.29, 1.82) is 0 Å². The molecule has 0 bridgehead atoms. The number of phenols is 2. The monoisotopic (exact) mass is 327 g/mol. The minimum Gasteiger partial charge on any atom is -0.508 e. The van der Waals surface area contributed by atoms with Crippen molar-refractivity contribution in [3.05, 3.63) is 71.3 Å². The first-order valence-electron chi connectivity index (χ1n) is 7.35. The Bertz CT molecular complexity index is 842. The molecule has 1 aromatic heterocycles. The first-order chi connectivity index (χ1) is 11.5. The van der Waals surface area contributed by atoms with Crippen LogP contribution in [0.25, 0.3) is 0 Å². The van der Waals surface area contributed by atoms with E-state index in [9.17, 15) is 20.4 Å². The second-order valence-corrected chi connectivity index (χ2v) is 5.39. The molecule has 6 heteroatoms. The van der Waals surface area contributed by atoms with Gasteiger partial charge in [0.05, 0.1) is 0 Å². The van der Waals surface area contributed by atoms with Crippen LogP contribution in [0.1, 0.15) is 16.7 Å². The Labute approximate surface area is 138 Å². The Hall–Kier alpha value is -3.28. The number of phenolic OH excluding ortho intramolecular Hbond substituents is 2. The normalized spacial score (nSPS) is 10.7. The lowest BCUT2D eigenvalue weighted by Gasteiger charge is -2.09. The molecule has 0 radical (unpaired) electrons. The van der Waals surface area contributed by atoms with Crippen molar-refractivity contribution < 1.29 is 25.3 Å². The average molecular weight is 327 g/mol. The van der Waals surface area contributed by atoms with E-state index in [2.05, 4.69) is 0 Å². The summed E-state index contributed by atoms with van der Waals surface area (Å²) in [6.45, 7) is 0.181. The molecule has 0 aliphatic carbocycles. The Balaban J connectivity index is 1.78. The van der Waals surface area contributed by atoms with Crippen LogP contribution in [-0.4, -0.2) is 25.2 Å². The summed E-state index contributed by atoms with van der Waals surface area (Å²) in [6, 6.07) is 14.9. The molecule has 0 aliphatic heterocycles. The number of nitrogens with zero attached hydrogens (tertiary/aromatic N) is 1. The number of hydrogen-bond acceptors (Lipinski definition) is 5. The fourth-order valence-electron chi connectivity index (χ4n) is 2.40. The molecular formula is C18H17NO5. The van der Waals surface area contributed by atoms with Crippen LogP contribution in [0.4, 0.5) is 0 Å². The van der Waals surface area contributed by atoms with Crippen LogP contribution in [-0.2, 0) is 13.0 Å². The smallest absolute Gasteiger partial charge is 0.232 e. The molecule has 0 amide bonds. The highest BCUT2D eigenvalue weighted by Gasteiger charge is 2.17. The number of hydrogen-bond donors (Lipinski definition) is 4. The van der Waals surface area contributed by atoms with E-state index in [-0.39, 0.29) is 36.3 Å². The molecule has 0 aliphatic rings. The van der Waals surface area contributed by atoms with Gasteiger partial charge in [-0.25, -0.2) is 0 Å². The highest BCUT2D eigenvalue weighted by Crippen LogP contribution is 2.32. The van der Waals surface area contributed by atoms with Crippen molar-refractivity contribution in [2.24, 2.45) is 0 Å². The van der Waals surface area contributed by atoms with Crippen molar-refractivity contribution in [2.75, 3.05) is 0 Å². The summed E-state index contributed by atoms with van der Waals surface area (Å²) in [6.07, 6.45) is 0.174. The number of rotatable bonds is 5. The van der Waals surface area contributed by atoms with Gasteiger partial charge in [-0.15, -0.1) is 4.73 Å². The molecule has 0 spiro atoms. The molecule has 0 atom stereocenters. The topological polar surface area (TPSA) is 95.1 Å². The van der Waals surface area contributed by atoms with Crippen LogP contribution < -0.4 is 4.84 Å². The summed E-state index contributed by atoms with van der Waals surface area (Å²) in [5, 5.41) is 39.3. The van der Waals surface area contributed by atoms with E-state index in [1.807, 2.05) is 30.3 Å². The van der Waals surface area contributed by atoms with Crippen LogP contribution in [0.15, 0.2) is 54.6 Å². The summed E-state index contributed by atoms with van der Waals surface area (Å²) in [5.41, 5.74) is 1.78. The van der Waals surface area contributed by atoms with Crippen molar-refractivity contribution in [2.45, 2.75) is 13.0 Å². The van der Waals surface area contributed by atoms with E-state index in [1.165, 1.54) is 18.2 Å². The Morgan fingerprint density at radius 3 is 2.29 bits per heavy atom. The maximum atomic E-state index is 10.2. The molecule has 6 nitrogen and oxygen atoms in total. The van der Waals surface area contributed by atoms with Crippen LogP contribution >= 0.6 is 0 Å². The summed E-state index contributed by atoms with van der Waals surface area (Å²) in [7, 11) is 0. The predicted octanol–water partition coefficient (Wildman–Crippen LogP) is 2.53. The zero-order valence-electron chi connectivity index (χ0n) is 12.8. The van der Waals surface area contributed by atoms with Gasteiger partial charge in [0.25, 0.3) is 0 Å². The van der Waals surface area contributed by atoms with Gasteiger partial charge in [-0.05, 0) is 17.2 Å². The van der Waals surface area contributed by atoms with Gasteiger partial charge in [-0.3, -0.25) is 0 Å². The molecule has 0 unspecified atom stereocenters. The SMILES string of the molecule is Oc1ccc(Cc2cc(O)n(OCc3ccccc3)c2O)c(O)c1. The highest BCUT2D eigenvalue weighted by atomic mass is 16.7. The Kier molecular flexibility index (Phi) is 4.20. The molecule has 3 rings (SSSR count). The van der Waals surface area contributed by atoms with E-state index in [0.29, 0.717) is 11.1 Å². The average Bonchev–Trinajstić information content (AvgIpc) is 2.83. The van der Waals surface area contributed by atoms with Crippen LogP contribution in [0.5, 0.6) is 23.3 Å². The second-order valence-electron chi connectivity index (χ2n) is 5.39. The van der Waals surface area contributed by atoms with E-state index < -0.39 is 0 Å². The molecular weight excluding hydrogens is 310 g/mol. The fraction of sp³-hybridized carbons (Fsp3) is 0.111. The fourth-order valence-corrected chi connectivity index (χ4v) is 2.40. The standard InChI is InChI=1S/C18H17NO5/c20-15-7-6-13(16(21)10-15)8-14-9-17(22)19(18(14)23)24-11-12-4-2-1-3-5-12/h1-7,9-10,20-23H,8,11H2. The van der Waals surface area contributed by atoms with Crippen molar-refractivity contribution in [1.82, 2.24) is 4.73 Å². The zero-order chi connectivity index (χ0) is 17.1. The van der Waals surface area contributed by atoms with Crippen molar-refractivity contribution >= 4 is 0 Å². The highest BCUT2D eigenvalue weighted by molar-refractivity contribution is 5.45. The molecule has 124 valence electrons. The first-order valence-corrected chi connectivity index (χ1v) is 7.35. The molecule has 0 fully saturated rings. The first kappa shape index (κ1) is 15.6. The maximum absolute atomic E-state index is 10.2. The summed E-state index contributed by atoms with van der Waals surface area (Å²) >= 11 is 0. The van der Waals surface area contributed by atoms with Crippen LogP contribution in [0, 0.1) is 0 Å². The van der Waals surface area contributed by atoms with Gasteiger partial charge in [0.15, 0.2) is 0 Å². The molecule has 2 aromatic carbocycles. The van der Waals surface area contributed by atoms with E-state index in [1.54, 1.807) is 6.07 Å².